The van der Waals surface area contributed by atoms with E-state index in [1.165, 1.54) is 13.0 Å². The van der Waals surface area contributed by atoms with Crippen molar-refractivity contribution in [2.75, 3.05) is 11.9 Å². The molecule has 10 heteroatoms. The number of anilines is 1. The maximum absolute atomic E-state index is 13.7. The van der Waals surface area contributed by atoms with Crippen LogP contribution in [0.1, 0.15) is 12.5 Å². The van der Waals surface area contributed by atoms with Crippen LogP contribution in [0.2, 0.25) is 0 Å². The molecule has 0 aliphatic carbocycles. The molecule has 3 aromatic rings. The van der Waals surface area contributed by atoms with Gasteiger partial charge in [-0.3, -0.25) is 14.5 Å². The van der Waals surface area contributed by atoms with Gasteiger partial charge in [0.2, 0.25) is 5.91 Å². The molecule has 0 radical (unpaired) electrons. The Kier molecular flexibility index (Phi) is 6.13. The molecule has 1 atom stereocenters. The molecule has 0 spiro atoms. The van der Waals surface area contributed by atoms with Gasteiger partial charge >= 0.3 is 6.03 Å². The predicted molar refractivity (Wildman–Crippen MR) is 120 cm³/mol. The van der Waals surface area contributed by atoms with E-state index in [9.17, 15) is 23.2 Å². The van der Waals surface area contributed by atoms with Crippen molar-refractivity contribution in [2.24, 2.45) is 10.2 Å². The molecule has 0 aromatic heterocycles. The van der Waals surface area contributed by atoms with Crippen LogP contribution >= 0.6 is 0 Å². The number of halogens is 2. The maximum atomic E-state index is 13.7. The number of nitrogens with one attached hydrogen (secondary N) is 2. The first-order valence-corrected chi connectivity index (χ1v) is 10.2. The number of hydrogen-bond acceptors (Lipinski definition) is 5. The second-order valence-corrected chi connectivity index (χ2v) is 7.71. The molecular formula is C24H19F2N5O3. The lowest BCUT2D eigenvalue weighted by atomic mass is 9.92. The SMILES string of the molecule is CC1(c2ccc(F)c(F)c2)NC(=O)N(CC(=O)Nc2ccc(N=Nc3ccccc3)cc2)C1=O. The van der Waals surface area contributed by atoms with Crippen molar-refractivity contribution in [3.05, 3.63) is 90.0 Å². The van der Waals surface area contributed by atoms with Gasteiger partial charge in [-0.2, -0.15) is 10.2 Å². The minimum atomic E-state index is -1.63. The summed E-state index contributed by atoms with van der Waals surface area (Å²) < 4.78 is 26.9. The molecule has 1 saturated heterocycles. The van der Waals surface area contributed by atoms with Crippen LogP contribution in [-0.2, 0) is 15.1 Å². The van der Waals surface area contributed by atoms with Crippen molar-refractivity contribution in [1.82, 2.24) is 10.2 Å². The Balaban J connectivity index is 1.39. The minimum Gasteiger partial charge on any atom is -0.325 e. The quantitative estimate of drug-likeness (QED) is 0.406. The molecule has 1 heterocycles. The monoisotopic (exact) mass is 463 g/mol. The van der Waals surface area contributed by atoms with Crippen LogP contribution < -0.4 is 10.6 Å². The van der Waals surface area contributed by atoms with Gasteiger partial charge in [0.15, 0.2) is 11.6 Å². The third-order valence-corrected chi connectivity index (χ3v) is 5.26. The van der Waals surface area contributed by atoms with Crippen molar-refractivity contribution in [1.29, 1.82) is 0 Å². The molecular weight excluding hydrogens is 444 g/mol. The molecule has 0 saturated carbocycles. The molecule has 1 fully saturated rings. The van der Waals surface area contributed by atoms with Crippen LogP contribution in [0.15, 0.2) is 83.0 Å². The molecule has 2 N–H and O–H groups in total. The smallest absolute Gasteiger partial charge is 0.325 e. The molecule has 172 valence electrons. The zero-order valence-corrected chi connectivity index (χ0v) is 18.0. The largest absolute Gasteiger partial charge is 0.325 e. The normalized spacial score (nSPS) is 17.8. The van der Waals surface area contributed by atoms with Gasteiger partial charge in [-0.05, 0) is 61.0 Å². The summed E-state index contributed by atoms with van der Waals surface area (Å²) in [6.45, 7) is 0.805. The van der Waals surface area contributed by atoms with E-state index in [0.717, 1.165) is 17.0 Å². The lowest BCUT2D eigenvalue weighted by Gasteiger charge is -2.22. The second-order valence-electron chi connectivity index (χ2n) is 7.71. The van der Waals surface area contributed by atoms with E-state index in [2.05, 4.69) is 20.9 Å². The highest BCUT2D eigenvalue weighted by Crippen LogP contribution is 2.30. The van der Waals surface area contributed by atoms with E-state index in [1.807, 2.05) is 30.3 Å². The summed E-state index contributed by atoms with van der Waals surface area (Å²) in [5.41, 5.74) is 0.131. The Morgan fingerprint density at radius 3 is 2.24 bits per heavy atom. The third kappa shape index (κ3) is 4.65. The minimum absolute atomic E-state index is 0.0629. The molecule has 8 nitrogen and oxygen atoms in total. The Labute approximate surface area is 193 Å². The fourth-order valence-corrected chi connectivity index (χ4v) is 3.41. The van der Waals surface area contributed by atoms with Gasteiger partial charge in [-0.1, -0.05) is 24.3 Å². The van der Waals surface area contributed by atoms with Gasteiger partial charge in [-0.15, -0.1) is 0 Å². The maximum Gasteiger partial charge on any atom is 0.325 e. The van der Waals surface area contributed by atoms with Gasteiger partial charge in [-0.25, -0.2) is 13.6 Å². The Morgan fingerprint density at radius 2 is 1.59 bits per heavy atom. The van der Waals surface area contributed by atoms with Crippen LogP contribution in [-0.4, -0.2) is 29.3 Å². The fraction of sp³-hybridized carbons (Fsp3) is 0.125. The van der Waals surface area contributed by atoms with Crippen molar-refractivity contribution < 1.29 is 23.2 Å². The van der Waals surface area contributed by atoms with Crippen LogP contribution in [0.4, 0.5) is 30.6 Å². The van der Waals surface area contributed by atoms with Gasteiger partial charge in [0.05, 0.1) is 11.4 Å². The van der Waals surface area contributed by atoms with E-state index < -0.39 is 41.6 Å². The fourth-order valence-electron chi connectivity index (χ4n) is 3.41. The first-order valence-electron chi connectivity index (χ1n) is 10.2. The standard InChI is InChI=1S/C24H19F2N5O3/c1-24(15-7-12-19(25)20(26)13-15)22(33)31(23(34)28-24)14-21(32)27-16-8-10-18(11-9-16)30-29-17-5-3-2-4-6-17/h2-13H,14H2,1H3,(H,27,32)(H,28,34). The molecule has 4 rings (SSSR count). The van der Waals surface area contributed by atoms with Gasteiger partial charge < -0.3 is 10.6 Å². The number of carbonyl (C=O) groups excluding carboxylic acids is 3. The predicted octanol–water partition coefficient (Wildman–Crippen LogP) is 4.79. The summed E-state index contributed by atoms with van der Waals surface area (Å²) in [6.07, 6.45) is 0. The number of carbonyl (C=O) groups is 3. The molecule has 1 unspecified atom stereocenters. The van der Waals surface area contributed by atoms with E-state index in [4.69, 9.17) is 0 Å². The number of hydrogen-bond donors (Lipinski definition) is 2. The summed E-state index contributed by atoms with van der Waals surface area (Å²) in [7, 11) is 0. The number of nitrogens with zero attached hydrogens (tertiary/aromatic N) is 3. The third-order valence-electron chi connectivity index (χ3n) is 5.26. The van der Waals surface area contributed by atoms with E-state index >= 15 is 0 Å². The summed E-state index contributed by atoms with van der Waals surface area (Å²) in [4.78, 5) is 38.4. The molecule has 1 aliphatic rings. The molecule has 3 aromatic carbocycles. The van der Waals surface area contributed by atoms with Crippen molar-refractivity contribution in [3.63, 3.8) is 0 Å². The number of benzene rings is 3. The number of rotatable bonds is 6. The van der Waals surface area contributed by atoms with E-state index in [0.29, 0.717) is 17.1 Å². The summed E-state index contributed by atoms with van der Waals surface area (Å²) in [5, 5.41) is 13.3. The topological polar surface area (TPSA) is 103 Å². The second kappa shape index (κ2) is 9.18. The highest BCUT2D eigenvalue weighted by atomic mass is 19.2. The van der Waals surface area contributed by atoms with Crippen molar-refractivity contribution in [2.45, 2.75) is 12.5 Å². The first-order chi connectivity index (χ1) is 16.3. The van der Waals surface area contributed by atoms with Gasteiger partial charge in [0.25, 0.3) is 5.91 Å². The molecule has 34 heavy (non-hydrogen) atoms. The molecule has 1 aliphatic heterocycles. The van der Waals surface area contributed by atoms with E-state index in [1.54, 1.807) is 24.3 Å². The highest BCUT2D eigenvalue weighted by molar-refractivity contribution is 6.10. The Hall–Kier alpha value is -4.47. The number of imide groups is 1. The average Bonchev–Trinajstić information content (AvgIpc) is 3.04. The summed E-state index contributed by atoms with van der Waals surface area (Å²) in [5.74, 6) is -3.59. The number of amides is 4. The van der Waals surface area contributed by atoms with Gasteiger partial charge in [0.1, 0.15) is 12.1 Å². The van der Waals surface area contributed by atoms with Crippen molar-refractivity contribution >= 4 is 34.9 Å². The van der Waals surface area contributed by atoms with Crippen LogP contribution in [0, 0.1) is 11.6 Å². The van der Waals surface area contributed by atoms with Gasteiger partial charge in [0, 0.05) is 5.69 Å². The number of azo groups is 1. The average molecular weight is 463 g/mol. The van der Waals surface area contributed by atoms with Crippen molar-refractivity contribution in [3.8, 4) is 0 Å². The molecule has 4 amide bonds. The summed E-state index contributed by atoms with van der Waals surface area (Å²) >= 11 is 0. The van der Waals surface area contributed by atoms with Crippen LogP contribution in [0.5, 0.6) is 0 Å². The van der Waals surface area contributed by atoms with Crippen LogP contribution in [0.3, 0.4) is 0 Å². The Bertz CT molecular complexity index is 1280. The van der Waals surface area contributed by atoms with Crippen LogP contribution in [0.25, 0.3) is 0 Å². The van der Waals surface area contributed by atoms with E-state index in [-0.39, 0.29) is 5.56 Å². The Morgan fingerprint density at radius 1 is 0.941 bits per heavy atom. The summed E-state index contributed by atoms with van der Waals surface area (Å²) in [6, 6.07) is 17.8. The zero-order chi connectivity index (χ0) is 24.3. The highest BCUT2D eigenvalue weighted by Gasteiger charge is 2.49. The zero-order valence-electron chi connectivity index (χ0n) is 18.0. The first kappa shape index (κ1) is 22.7. The lowest BCUT2D eigenvalue weighted by Crippen LogP contribution is -2.42. The molecule has 0 bridgehead atoms. The number of urea groups is 1. The lowest BCUT2D eigenvalue weighted by molar-refractivity contribution is -0.133.